The van der Waals surface area contributed by atoms with E-state index in [0.29, 0.717) is 39.5 Å². The number of anilines is 2. The number of halogens is 2. The number of methoxy groups -OCH3 is 2. The Morgan fingerprint density at radius 3 is 2.65 bits per heavy atom. The number of aromatic nitrogens is 5. The van der Waals surface area contributed by atoms with Crippen LogP contribution in [0.2, 0.25) is 5.02 Å². The van der Waals surface area contributed by atoms with Crippen LogP contribution in [0.1, 0.15) is 0 Å². The van der Waals surface area contributed by atoms with Gasteiger partial charge in [0, 0.05) is 11.6 Å². The lowest BCUT2D eigenvalue weighted by Gasteiger charge is -2.13. The van der Waals surface area contributed by atoms with Crippen LogP contribution in [0, 0.1) is 5.95 Å². The second-order valence-electron chi connectivity index (χ2n) is 6.67. The molecule has 0 spiro atoms. The number of rotatable bonds is 5. The molecule has 2 N–H and O–H groups in total. The highest BCUT2D eigenvalue weighted by Gasteiger charge is 2.15. The van der Waals surface area contributed by atoms with Crippen molar-refractivity contribution < 1.29 is 13.9 Å². The molecule has 0 radical (unpaired) electrons. The molecule has 0 aliphatic heterocycles. The summed E-state index contributed by atoms with van der Waals surface area (Å²) in [4.78, 5) is 15.7. The van der Waals surface area contributed by atoms with Crippen molar-refractivity contribution >= 4 is 40.2 Å². The normalized spacial score (nSPS) is 11.2. The van der Waals surface area contributed by atoms with E-state index in [-0.39, 0.29) is 5.65 Å². The fourth-order valence-corrected chi connectivity index (χ4v) is 3.64. The molecule has 5 rings (SSSR count). The van der Waals surface area contributed by atoms with E-state index >= 15 is 0 Å². The summed E-state index contributed by atoms with van der Waals surface area (Å²) in [5.74, 6) is 1.48. The topological polar surface area (TPSA) is 89.4 Å². The zero-order chi connectivity index (χ0) is 21.5. The van der Waals surface area contributed by atoms with Crippen molar-refractivity contribution in [3.05, 3.63) is 59.6 Å². The first kappa shape index (κ1) is 19.1. The van der Waals surface area contributed by atoms with Crippen LogP contribution in [-0.2, 0) is 0 Å². The predicted molar refractivity (Wildman–Crippen MR) is 116 cm³/mol. The average Bonchev–Trinajstić information content (AvgIpc) is 3.35. The lowest BCUT2D eigenvalue weighted by Crippen LogP contribution is -1.95. The van der Waals surface area contributed by atoms with E-state index in [1.807, 2.05) is 34.9 Å². The molecule has 0 unspecified atom stereocenters. The Hall–Kier alpha value is -3.85. The number of pyridine rings is 2. The number of hydrogen-bond donors (Lipinski definition) is 2. The van der Waals surface area contributed by atoms with Gasteiger partial charge in [-0.1, -0.05) is 17.7 Å². The van der Waals surface area contributed by atoms with Crippen molar-refractivity contribution in [3.8, 4) is 22.8 Å². The van der Waals surface area contributed by atoms with E-state index < -0.39 is 5.95 Å². The van der Waals surface area contributed by atoms with Crippen LogP contribution in [0.5, 0.6) is 11.5 Å². The Morgan fingerprint density at radius 2 is 1.84 bits per heavy atom. The molecule has 0 atom stereocenters. The molecule has 0 saturated heterocycles. The molecule has 5 aromatic rings. The third kappa shape index (κ3) is 3.38. The molecule has 0 aliphatic rings. The molecule has 0 fully saturated rings. The first-order chi connectivity index (χ1) is 15.1. The Morgan fingerprint density at radius 1 is 1.03 bits per heavy atom. The third-order valence-electron chi connectivity index (χ3n) is 4.80. The largest absolute Gasteiger partial charge is 0.493 e. The Balaban J connectivity index is 1.56. The Labute approximate surface area is 180 Å². The van der Waals surface area contributed by atoms with E-state index in [4.69, 9.17) is 21.1 Å². The molecular formula is C21H16ClFN6O2. The van der Waals surface area contributed by atoms with Gasteiger partial charge in [0.05, 0.1) is 36.6 Å². The molecule has 8 nitrogen and oxygen atoms in total. The number of aromatic amines is 1. The quantitative estimate of drug-likeness (QED) is 0.382. The minimum Gasteiger partial charge on any atom is -0.493 e. The Bertz CT molecular complexity index is 1430. The molecular weight excluding hydrogens is 423 g/mol. The van der Waals surface area contributed by atoms with Crippen LogP contribution in [-0.4, -0.2) is 38.6 Å². The number of hydrogen-bond acceptors (Lipinski definition) is 6. The minimum atomic E-state index is -0.588. The smallest absolute Gasteiger partial charge is 0.215 e. The maximum absolute atomic E-state index is 13.3. The number of fused-ring (bicyclic) bond motifs is 2. The lowest BCUT2D eigenvalue weighted by molar-refractivity contribution is 0.355. The summed E-state index contributed by atoms with van der Waals surface area (Å²) in [6.07, 6.45) is 1.82. The van der Waals surface area contributed by atoms with Crippen molar-refractivity contribution in [2.75, 3.05) is 19.5 Å². The monoisotopic (exact) mass is 438 g/mol. The number of H-pyrrole nitrogens is 1. The van der Waals surface area contributed by atoms with Crippen LogP contribution in [0.3, 0.4) is 0 Å². The van der Waals surface area contributed by atoms with Gasteiger partial charge in [0.1, 0.15) is 5.65 Å². The van der Waals surface area contributed by atoms with Crippen LogP contribution >= 0.6 is 11.6 Å². The average molecular weight is 439 g/mol. The molecule has 0 amide bonds. The van der Waals surface area contributed by atoms with Gasteiger partial charge >= 0.3 is 0 Å². The summed E-state index contributed by atoms with van der Waals surface area (Å²) in [5, 5.41) is 3.61. The minimum absolute atomic E-state index is 0.282. The lowest BCUT2D eigenvalue weighted by atomic mass is 10.1. The van der Waals surface area contributed by atoms with E-state index in [9.17, 15) is 4.39 Å². The maximum atomic E-state index is 13.3. The standard InChI is InChI=1S/C21H16ClFN6O2/c1-30-15-8-11(12(22)9-16(15)31-2)14-4-3-5-19-26-18(10-29(14)19)27-21-24-13-6-7-17(23)25-20(13)28-21/h3-10H,1-2H3,(H2,24,25,27,28). The molecule has 4 aromatic heterocycles. The summed E-state index contributed by atoms with van der Waals surface area (Å²) in [6, 6.07) is 12.1. The van der Waals surface area contributed by atoms with Gasteiger partial charge in [-0.25, -0.2) is 4.98 Å². The van der Waals surface area contributed by atoms with Crippen molar-refractivity contribution in [1.29, 1.82) is 0 Å². The van der Waals surface area contributed by atoms with Gasteiger partial charge in [0.25, 0.3) is 0 Å². The van der Waals surface area contributed by atoms with Gasteiger partial charge in [-0.3, -0.25) is 4.40 Å². The van der Waals surface area contributed by atoms with Gasteiger partial charge in [0.2, 0.25) is 11.9 Å². The first-order valence-electron chi connectivity index (χ1n) is 9.25. The van der Waals surface area contributed by atoms with Gasteiger partial charge in [-0.15, -0.1) is 0 Å². The van der Waals surface area contributed by atoms with Gasteiger partial charge in [-0.2, -0.15) is 14.4 Å². The molecule has 0 bridgehead atoms. The van der Waals surface area contributed by atoms with Crippen LogP contribution in [0.15, 0.2) is 48.7 Å². The van der Waals surface area contributed by atoms with Gasteiger partial charge < -0.3 is 19.8 Å². The molecule has 4 heterocycles. The first-order valence-corrected chi connectivity index (χ1v) is 9.63. The molecule has 31 heavy (non-hydrogen) atoms. The van der Waals surface area contributed by atoms with Crippen molar-refractivity contribution in [3.63, 3.8) is 0 Å². The van der Waals surface area contributed by atoms with E-state index in [1.165, 1.54) is 6.07 Å². The van der Waals surface area contributed by atoms with Crippen molar-refractivity contribution in [1.82, 2.24) is 24.3 Å². The number of imidazole rings is 2. The zero-order valence-corrected chi connectivity index (χ0v) is 17.2. The summed E-state index contributed by atoms with van der Waals surface area (Å²) in [7, 11) is 3.13. The number of nitrogens with one attached hydrogen (secondary N) is 2. The van der Waals surface area contributed by atoms with E-state index in [1.54, 1.807) is 26.4 Å². The number of nitrogens with zero attached hydrogens (tertiary/aromatic N) is 4. The molecule has 10 heteroatoms. The van der Waals surface area contributed by atoms with Gasteiger partial charge in [-0.05, 0) is 30.3 Å². The fourth-order valence-electron chi connectivity index (χ4n) is 3.39. The zero-order valence-electron chi connectivity index (χ0n) is 16.5. The third-order valence-corrected chi connectivity index (χ3v) is 5.11. The van der Waals surface area contributed by atoms with Gasteiger partial charge in [0.15, 0.2) is 23.0 Å². The summed E-state index contributed by atoms with van der Waals surface area (Å²) >= 11 is 6.53. The number of benzene rings is 1. The fraction of sp³-hybridized carbons (Fsp3) is 0.0952. The second-order valence-corrected chi connectivity index (χ2v) is 7.08. The van der Waals surface area contributed by atoms with Crippen LogP contribution in [0.25, 0.3) is 28.1 Å². The molecule has 0 saturated carbocycles. The van der Waals surface area contributed by atoms with Crippen molar-refractivity contribution in [2.45, 2.75) is 0 Å². The SMILES string of the molecule is COc1cc(Cl)c(-c2cccc3nc(Nc4nc5nc(F)ccc5[nH]4)cn23)cc1OC. The summed E-state index contributed by atoms with van der Waals surface area (Å²) in [6.45, 7) is 0. The van der Waals surface area contributed by atoms with Crippen LogP contribution in [0.4, 0.5) is 16.2 Å². The Kier molecular flexibility index (Phi) is 4.59. The molecule has 0 aliphatic carbocycles. The highest BCUT2D eigenvalue weighted by Crippen LogP contribution is 2.38. The van der Waals surface area contributed by atoms with Crippen molar-refractivity contribution in [2.24, 2.45) is 0 Å². The highest BCUT2D eigenvalue weighted by atomic mass is 35.5. The number of ether oxygens (including phenoxy) is 2. The molecule has 156 valence electrons. The maximum Gasteiger partial charge on any atom is 0.215 e. The summed E-state index contributed by atoms with van der Waals surface area (Å²) < 4.78 is 26.0. The van der Waals surface area contributed by atoms with E-state index in [0.717, 1.165) is 11.3 Å². The highest BCUT2D eigenvalue weighted by molar-refractivity contribution is 6.33. The predicted octanol–water partition coefficient (Wildman–Crippen LogP) is 4.83. The summed E-state index contributed by atoms with van der Waals surface area (Å²) in [5.41, 5.74) is 3.18. The van der Waals surface area contributed by atoms with E-state index in [2.05, 4.69) is 25.3 Å². The van der Waals surface area contributed by atoms with Crippen LogP contribution < -0.4 is 14.8 Å². The second kappa shape index (κ2) is 7.44. The molecule has 1 aromatic carbocycles.